The summed E-state index contributed by atoms with van der Waals surface area (Å²) in [5, 5.41) is 3.32. The molecule has 3 rings (SSSR count). The molecule has 0 fully saturated rings. The van der Waals surface area contributed by atoms with Gasteiger partial charge in [0.1, 0.15) is 5.75 Å². The first-order valence-corrected chi connectivity index (χ1v) is 10.1. The SMILES string of the molecule is O=C(COC(=O)c1cccc(OC(F)F)c1)Nc1ccccc1Sc1ccc(Cl)cc1. The zero-order valence-corrected chi connectivity index (χ0v) is 17.5. The average molecular weight is 464 g/mol. The van der Waals surface area contributed by atoms with Gasteiger partial charge in [-0.15, -0.1) is 0 Å². The number of anilines is 1. The van der Waals surface area contributed by atoms with Gasteiger partial charge in [-0.2, -0.15) is 8.78 Å². The number of carbonyl (C=O) groups excluding carboxylic acids is 2. The van der Waals surface area contributed by atoms with E-state index in [1.165, 1.54) is 30.0 Å². The molecule has 31 heavy (non-hydrogen) atoms. The van der Waals surface area contributed by atoms with Crippen LogP contribution in [-0.4, -0.2) is 25.1 Å². The van der Waals surface area contributed by atoms with Crippen molar-refractivity contribution in [1.29, 1.82) is 0 Å². The fourth-order valence-corrected chi connectivity index (χ4v) is 3.52. The molecule has 0 unspecified atom stereocenters. The van der Waals surface area contributed by atoms with Crippen molar-refractivity contribution in [2.24, 2.45) is 0 Å². The lowest BCUT2D eigenvalue weighted by Crippen LogP contribution is -2.21. The third kappa shape index (κ3) is 6.97. The minimum absolute atomic E-state index is 0.00959. The van der Waals surface area contributed by atoms with Gasteiger partial charge in [0.05, 0.1) is 11.3 Å². The molecule has 0 aromatic heterocycles. The predicted octanol–water partition coefficient (Wildman–Crippen LogP) is 5.89. The van der Waals surface area contributed by atoms with Crippen molar-refractivity contribution in [3.63, 3.8) is 0 Å². The standard InChI is InChI=1S/C22H16ClF2NO4S/c23-15-8-10-17(11-9-15)31-19-7-2-1-6-18(19)26-20(27)13-29-21(28)14-4-3-5-16(12-14)30-22(24)25/h1-12,22H,13H2,(H,26,27). The molecule has 0 aliphatic heterocycles. The van der Waals surface area contributed by atoms with Crippen LogP contribution >= 0.6 is 23.4 Å². The summed E-state index contributed by atoms with van der Waals surface area (Å²) in [5.41, 5.74) is 0.542. The molecule has 1 N–H and O–H groups in total. The van der Waals surface area contributed by atoms with E-state index < -0.39 is 25.1 Å². The molecular weight excluding hydrogens is 448 g/mol. The number of ether oxygens (including phenoxy) is 2. The van der Waals surface area contributed by atoms with Crippen LogP contribution in [0, 0.1) is 0 Å². The minimum atomic E-state index is -3.01. The third-order valence-corrected chi connectivity index (χ3v) is 5.17. The second-order valence-electron chi connectivity index (χ2n) is 6.08. The maximum atomic E-state index is 12.3. The maximum Gasteiger partial charge on any atom is 0.387 e. The van der Waals surface area contributed by atoms with Gasteiger partial charge >= 0.3 is 12.6 Å². The predicted molar refractivity (Wildman–Crippen MR) is 114 cm³/mol. The number of carbonyl (C=O) groups is 2. The second kappa shape index (κ2) is 10.8. The van der Waals surface area contributed by atoms with E-state index in [0.717, 1.165) is 15.9 Å². The first-order valence-electron chi connectivity index (χ1n) is 8.95. The van der Waals surface area contributed by atoms with E-state index in [0.29, 0.717) is 10.7 Å². The van der Waals surface area contributed by atoms with Crippen LogP contribution in [-0.2, 0) is 9.53 Å². The van der Waals surface area contributed by atoms with Crippen LogP contribution in [0.4, 0.5) is 14.5 Å². The fraction of sp³-hybridized carbons (Fsp3) is 0.0909. The van der Waals surface area contributed by atoms with Gasteiger partial charge in [-0.3, -0.25) is 4.79 Å². The quantitative estimate of drug-likeness (QED) is 0.422. The molecule has 3 aromatic rings. The summed E-state index contributed by atoms with van der Waals surface area (Å²) < 4.78 is 33.8. The highest BCUT2D eigenvalue weighted by atomic mass is 35.5. The molecule has 3 aromatic carbocycles. The summed E-state index contributed by atoms with van der Waals surface area (Å²) in [4.78, 5) is 26.1. The Morgan fingerprint density at radius 1 is 1.00 bits per heavy atom. The monoisotopic (exact) mass is 463 g/mol. The Balaban J connectivity index is 1.59. The lowest BCUT2D eigenvalue weighted by Gasteiger charge is -2.11. The number of halogens is 3. The van der Waals surface area contributed by atoms with Crippen molar-refractivity contribution in [3.05, 3.63) is 83.4 Å². The second-order valence-corrected chi connectivity index (χ2v) is 7.63. The van der Waals surface area contributed by atoms with Crippen LogP contribution in [0.1, 0.15) is 10.4 Å². The van der Waals surface area contributed by atoms with Crippen LogP contribution < -0.4 is 10.1 Å². The lowest BCUT2D eigenvalue weighted by molar-refractivity contribution is -0.119. The van der Waals surface area contributed by atoms with Crippen molar-refractivity contribution in [1.82, 2.24) is 0 Å². The molecule has 0 saturated carbocycles. The first-order chi connectivity index (χ1) is 14.9. The number of nitrogens with one attached hydrogen (secondary N) is 1. The summed E-state index contributed by atoms with van der Waals surface area (Å²) in [7, 11) is 0. The number of para-hydroxylation sites is 1. The minimum Gasteiger partial charge on any atom is -0.452 e. The van der Waals surface area contributed by atoms with E-state index in [2.05, 4.69) is 10.1 Å². The van der Waals surface area contributed by atoms with Gasteiger partial charge in [-0.1, -0.05) is 41.6 Å². The van der Waals surface area contributed by atoms with E-state index in [-0.39, 0.29) is 11.3 Å². The van der Waals surface area contributed by atoms with E-state index in [1.807, 2.05) is 24.3 Å². The highest BCUT2D eigenvalue weighted by molar-refractivity contribution is 7.99. The molecule has 0 aliphatic rings. The Labute approximate surface area is 186 Å². The normalized spacial score (nSPS) is 10.6. The smallest absolute Gasteiger partial charge is 0.387 e. The van der Waals surface area contributed by atoms with E-state index in [9.17, 15) is 18.4 Å². The first kappa shape index (κ1) is 22.6. The molecule has 0 atom stereocenters. The van der Waals surface area contributed by atoms with Crippen LogP contribution in [0.2, 0.25) is 5.02 Å². The lowest BCUT2D eigenvalue weighted by atomic mass is 10.2. The molecule has 160 valence electrons. The number of rotatable bonds is 8. The van der Waals surface area contributed by atoms with Crippen molar-refractivity contribution in [3.8, 4) is 5.75 Å². The third-order valence-electron chi connectivity index (χ3n) is 3.83. The van der Waals surface area contributed by atoms with Crippen molar-refractivity contribution in [2.75, 3.05) is 11.9 Å². The van der Waals surface area contributed by atoms with Crippen LogP contribution in [0.25, 0.3) is 0 Å². The van der Waals surface area contributed by atoms with Gasteiger partial charge in [-0.05, 0) is 54.6 Å². The Bertz CT molecular complexity index is 1060. The summed E-state index contributed by atoms with van der Waals surface area (Å²) in [6.45, 7) is -3.55. The van der Waals surface area contributed by atoms with Gasteiger partial charge in [0, 0.05) is 14.8 Å². The Morgan fingerprint density at radius 3 is 2.48 bits per heavy atom. The Morgan fingerprint density at radius 2 is 1.74 bits per heavy atom. The van der Waals surface area contributed by atoms with Crippen LogP contribution in [0.3, 0.4) is 0 Å². The highest BCUT2D eigenvalue weighted by Gasteiger charge is 2.14. The van der Waals surface area contributed by atoms with Crippen molar-refractivity contribution < 1.29 is 27.8 Å². The topological polar surface area (TPSA) is 64.6 Å². The van der Waals surface area contributed by atoms with Crippen LogP contribution in [0.15, 0.2) is 82.6 Å². The summed E-state index contributed by atoms with van der Waals surface area (Å²) >= 11 is 7.34. The van der Waals surface area contributed by atoms with Gasteiger partial charge in [0.15, 0.2) is 6.61 Å². The van der Waals surface area contributed by atoms with Gasteiger partial charge in [0.2, 0.25) is 0 Å². The van der Waals surface area contributed by atoms with E-state index >= 15 is 0 Å². The van der Waals surface area contributed by atoms with E-state index in [1.54, 1.807) is 24.3 Å². The van der Waals surface area contributed by atoms with Crippen molar-refractivity contribution in [2.45, 2.75) is 16.4 Å². The molecule has 0 aliphatic carbocycles. The molecule has 0 radical (unpaired) electrons. The number of hydrogen-bond donors (Lipinski definition) is 1. The van der Waals surface area contributed by atoms with Crippen LogP contribution in [0.5, 0.6) is 5.75 Å². The molecule has 0 bridgehead atoms. The Hall–Kier alpha value is -3.10. The summed E-state index contributed by atoms with van der Waals surface area (Å²) in [5.74, 6) is -1.56. The molecule has 0 saturated heterocycles. The summed E-state index contributed by atoms with van der Waals surface area (Å²) in [6.07, 6.45) is 0. The molecule has 9 heteroatoms. The molecular formula is C22H16ClF2NO4S. The van der Waals surface area contributed by atoms with Gasteiger partial charge < -0.3 is 14.8 Å². The highest BCUT2D eigenvalue weighted by Crippen LogP contribution is 2.33. The van der Waals surface area contributed by atoms with Gasteiger partial charge in [0.25, 0.3) is 5.91 Å². The summed E-state index contributed by atoms with van der Waals surface area (Å²) in [6, 6.07) is 19.6. The zero-order valence-electron chi connectivity index (χ0n) is 15.9. The zero-order chi connectivity index (χ0) is 22.2. The van der Waals surface area contributed by atoms with Crippen molar-refractivity contribution >= 4 is 40.9 Å². The molecule has 0 spiro atoms. The largest absolute Gasteiger partial charge is 0.452 e. The van der Waals surface area contributed by atoms with E-state index in [4.69, 9.17) is 16.3 Å². The number of esters is 1. The number of hydrogen-bond acceptors (Lipinski definition) is 5. The molecule has 1 amide bonds. The van der Waals surface area contributed by atoms with Gasteiger partial charge in [-0.25, -0.2) is 4.79 Å². The maximum absolute atomic E-state index is 12.3. The average Bonchev–Trinajstić information content (AvgIpc) is 2.75. The number of amides is 1. The Kier molecular flexibility index (Phi) is 7.86. The number of benzene rings is 3. The number of alkyl halides is 2. The molecule has 0 heterocycles. The molecule has 5 nitrogen and oxygen atoms in total. The fourth-order valence-electron chi connectivity index (χ4n) is 2.49.